The Bertz CT molecular complexity index is 1490. The number of benzene rings is 2. The zero-order valence-electron chi connectivity index (χ0n) is 26.7. The van der Waals surface area contributed by atoms with Gasteiger partial charge in [-0.25, -0.2) is 4.39 Å². The quantitative estimate of drug-likeness (QED) is 0.108. The third-order valence-corrected chi connectivity index (χ3v) is 7.66. The Morgan fingerprint density at radius 2 is 1.91 bits per heavy atom. The molecule has 2 heterocycles. The van der Waals surface area contributed by atoms with Crippen molar-refractivity contribution in [3.05, 3.63) is 83.1 Å². The maximum absolute atomic E-state index is 15.2. The van der Waals surface area contributed by atoms with Crippen molar-refractivity contribution < 1.29 is 32.9 Å². The van der Waals surface area contributed by atoms with Crippen LogP contribution in [0, 0.1) is 11.7 Å². The molecule has 0 radical (unpaired) electrons. The second-order valence-electron chi connectivity index (χ2n) is 10.9. The molecule has 246 valence electrons. The van der Waals surface area contributed by atoms with Crippen LogP contribution in [0.25, 0.3) is 6.08 Å². The number of nitrogens with one attached hydrogen (secondary N) is 3. The number of rotatable bonds is 17. The number of Topliss-reactive ketones (excluding diaryl/α,β-unsaturated/α-hetero) is 1. The summed E-state index contributed by atoms with van der Waals surface area (Å²) in [6, 6.07) is 13.3. The molecular weight excluding hydrogens is 591 g/mol. The molecule has 3 N–H and O–H groups in total. The Balaban J connectivity index is 1.33. The normalized spacial score (nSPS) is 13.7. The Labute approximate surface area is 269 Å². The van der Waals surface area contributed by atoms with Crippen LogP contribution in [-0.4, -0.2) is 70.3 Å². The van der Waals surface area contributed by atoms with Crippen LogP contribution in [0.3, 0.4) is 0 Å². The Hall–Kier alpha value is -4.32. The summed E-state index contributed by atoms with van der Waals surface area (Å²) >= 11 is 0. The molecule has 1 aliphatic rings. The number of pyridine rings is 1. The summed E-state index contributed by atoms with van der Waals surface area (Å²) in [7, 11) is 3.18. The molecule has 1 fully saturated rings. The van der Waals surface area contributed by atoms with Crippen molar-refractivity contribution >= 4 is 23.5 Å². The van der Waals surface area contributed by atoms with Crippen molar-refractivity contribution in [2.24, 2.45) is 5.92 Å². The van der Waals surface area contributed by atoms with Crippen LogP contribution in [-0.2, 0) is 31.9 Å². The number of ether oxygens (including phenoxy) is 4. The van der Waals surface area contributed by atoms with Gasteiger partial charge in [-0.15, -0.1) is 0 Å². The molecule has 0 aliphatic carbocycles. The zero-order chi connectivity index (χ0) is 32.7. The van der Waals surface area contributed by atoms with Crippen molar-refractivity contribution in [1.29, 1.82) is 0 Å². The van der Waals surface area contributed by atoms with E-state index in [0.29, 0.717) is 49.0 Å². The van der Waals surface area contributed by atoms with Crippen LogP contribution in [0.5, 0.6) is 17.2 Å². The number of hydrogen-bond donors (Lipinski definition) is 3. The molecule has 3 aromatic rings. The molecule has 0 atom stereocenters. The summed E-state index contributed by atoms with van der Waals surface area (Å²) < 4.78 is 37.9. The Morgan fingerprint density at radius 3 is 2.65 bits per heavy atom. The highest BCUT2D eigenvalue weighted by atomic mass is 19.1. The van der Waals surface area contributed by atoms with Crippen molar-refractivity contribution in [1.82, 2.24) is 15.6 Å². The summed E-state index contributed by atoms with van der Waals surface area (Å²) in [6.07, 6.45) is 6.86. The van der Waals surface area contributed by atoms with E-state index in [1.165, 1.54) is 12.1 Å². The summed E-state index contributed by atoms with van der Waals surface area (Å²) in [4.78, 5) is 29.3. The number of methoxy groups -OCH3 is 2. The fourth-order valence-corrected chi connectivity index (χ4v) is 5.04. The molecule has 0 saturated carbocycles. The molecular formula is C35H43FN4O6. The minimum absolute atomic E-state index is 0.0486. The van der Waals surface area contributed by atoms with E-state index in [1.807, 2.05) is 37.3 Å². The summed E-state index contributed by atoms with van der Waals surface area (Å²) in [5, 5.41) is 8.78. The van der Waals surface area contributed by atoms with Crippen molar-refractivity contribution in [3.63, 3.8) is 0 Å². The molecule has 11 heteroatoms. The van der Waals surface area contributed by atoms with Crippen molar-refractivity contribution in [2.45, 2.75) is 32.6 Å². The number of ketones is 1. The molecule has 4 rings (SSSR count). The first kappa shape index (κ1) is 34.6. The van der Waals surface area contributed by atoms with Gasteiger partial charge >= 0.3 is 0 Å². The highest BCUT2D eigenvalue weighted by Crippen LogP contribution is 2.32. The molecule has 1 amide bonds. The van der Waals surface area contributed by atoms with Crippen LogP contribution in [0.4, 0.5) is 10.1 Å². The number of aromatic nitrogens is 1. The first-order chi connectivity index (χ1) is 22.4. The highest BCUT2D eigenvalue weighted by molar-refractivity contribution is 6.41. The lowest BCUT2D eigenvalue weighted by molar-refractivity contribution is -0.134. The number of piperidine rings is 1. The predicted molar refractivity (Wildman–Crippen MR) is 175 cm³/mol. The molecule has 2 aromatic carbocycles. The van der Waals surface area contributed by atoms with Crippen LogP contribution in [0.2, 0.25) is 0 Å². The molecule has 1 saturated heterocycles. The molecule has 10 nitrogen and oxygen atoms in total. The lowest BCUT2D eigenvalue weighted by Crippen LogP contribution is -2.33. The SMILES string of the molecule is CCc1nccc(Oc2ccc(NC(=O)C(=O)CNCCc3cccc(OC)c3)cc2F)c1/C=C(\COCC1CCNCC1)OC. The van der Waals surface area contributed by atoms with E-state index in [4.69, 9.17) is 18.9 Å². The van der Waals surface area contributed by atoms with Crippen LogP contribution >= 0.6 is 0 Å². The van der Waals surface area contributed by atoms with Crippen LogP contribution < -0.4 is 25.4 Å². The van der Waals surface area contributed by atoms with Gasteiger partial charge in [0.1, 0.15) is 23.9 Å². The lowest BCUT2D eigenvalue weighted by atomic mass is 9.99. The predicted octanol–water partition coefficient (Wildman–Crippen LogP) is 4.93. The fraction of sp³-hybridized carbons (Fsp3) is 0.400. The van der Waals surface area contributed by atoms with Gasteiger partial charge < -0.3 is 34.9 Å². The number of halogens is 1. The smallest absolute Gasteiger partial charge is 0.293 e. The van der Waals surface area contributed by atoms with Gasteiger partial charge in [-0.3, -0.25) is 14.6 Å². The van der Waals surface area contributed by atoms with Gasteiger partial charge in [-0.2, -0.15) is 0 Å². The number of aryl methyl sites for hydroxylation is 1. The number of carbonyl (C=O) groups excluding carboxylic acids is 2. The van der Waals surface area contributed by atoms with E-state index < -0.39 is 17.5 Å². The maximum Gasteiger partial charge on any atom is 0.293 e. The summed E-state index contributed by atoms with van der Waals surface area (Å²) in [6.45, 7) is 5.27. The molecule has 1 aliphatic heterocycles. The van der Waals surface area contributed by atoms with E-state index in [2.05, 4.69) is 20.9 Å². The van der Waals surface area contributed by atoms with Gasteiger partial charge in [0, 0.05) is 23.5 Å². The highest BCUT2D eigenvalue weighted by Gasteiger charge is 2.17. The van der Waals surface area contributed by atoms with E-state index in [-0.39, 0.29) is 24.6 Å². The standard InChI is InChI=1S/C35H43FN4O6/c1-4-31-29(20-28(44-3)23-45-22-25-11-14-37-15-12-25)33(13-17-39-31)46-34-9-8-26(19-30(34)36)40-35(42)32(41)21-38-16-10-24-6-5-7-27(18-24)43-2/h5-9,13,17-20,25,37-38H,4,10-12,14-16,21-23H2,1-3H3,(H,40,42)/b28-20+. The maximum atomic E-state index is 15.2. The lowest BCUT2D eigenvalue weighted by Gasteiger charge is -2.22. The van der Waals surface area contributed by atoms with Crippen LogP contribution in [0.1, 0.15) is 36.6 Å². The van der Waals surface area contributed by atoms with Crippen LogP contribution in [0.15, 0.2) is 60.5 Å². The second kappa shape index (κ2) is 18.0. The van der Waals surface area contributed by atoms with Gasteiger partial charge in [0.05, 0.1) is 33.1 Å². The number of nitrogens with zero attached hydrogens (tertiary/aromatic N) is 1. The minimum Gasteiger partial charge on any atom is -0.499 e. The molecule has 1 aromatic heterocycles. The van der Waals surface area contributed by atoms with Gasteiger partial charge in [-0.05, 0) is 93.2 Å². The zero-order valence-corrected chi connectivity index (χ0v) is 26.7. The van der Waals surface area contributed by atoms with Crippen molar-refractivity contribution in [3.8, 4) is 17.2 Å². The molecule has 46 heavy (non-hydrogen) atoms. The van der Waals surface area contributed by atoms with Gasteiger partial charge in [0.2, 0.25) is 5.78 Å². The van der Waals surface area contributed by atoms with Gasteiger partial charge in [0.15, 0.2) is 11.6 Å². The summed E-state index contributed by atoms with van der Waals surface area (Å²) in [5.74, 6) is 0.000386. The molecule has 0 spiro atoms. The van der Waals surface area contributed by atoms with E-state index >= 15 is 4.39 Å². The fourth-order valence-electron chi connectivity index (χ4n) is 5.04. The monoisotopic (exact) mass is 634 g/mol. The Kier molecular flexibility index (Phi) is 13.5. The average molecular weight is 635 g/mol. The van der Waals surface area contributed by atoms with Crippen molar-refractivity contribution in [2.75, 3.05) is 58.9 Å². The van der Waals surface area contributed by atoms with E-state index in [0.717, 1.165) is 49.0 Å². The number of hydrogen-bond acceptors (Lipinski definition) is 9. The average Bonchev–Trinajstić information content (AvgIpc) is 3.08. The van der Waals surface area contributed by atoms with Gasteiger partial charge in [-0.1, -0.05) is 19.1 Å². The topological polar surface area (TPSA) is 120 Å². The number of anilines is 1. The van der Waals surface area contributed by atoms with Gasteiger partial charge in [0.25, 0.3) is 5.91 Å². The number of carbonyl (C=O) groups is 2. The minimum atomic E-state index is -0.842. The molecule has 0 unspecified atom stereocenters. The summed E-state index contributed by atoms with van der Waals surface area (Å²) in [5.41, 5.74) is 2.59. The first-order valence-electron chi connectivity index (χ1n) is 15.6. The third-order valence-electron chi connectivity index (χ3n) is 7.66. The van der Waals surface area contributed by atoms with E-state index in [1.54, 1.807) is 26.5 Å². The molecule has 0 bridgehead atoms. The van der Waals surface area contributed by atoms with E-state index in [9.17, 15) is 9.59 Å². The largest absolute Gasteiger partial charge is 0.499 e. The first-order valence-corrected chi connectivity index (χ1v) is 15.6. The number of amides is 1. The second-order valence-corrected chi connectivity index (χ2v) is 10.9. The Morgan fingerprint density at radius 1 is 1.09 bits per heavy atom. The third kappa shape index (κ3) is 10.4.